The van der Waals surface area contributed by atoms with E-state index >= 15 is 0 Å². The average Bonchev–Trinajstić information content (AvgIpc) is 2.47. The number of aromatic carboxylic acids is 1. The highest BCUT2D eigenvalue weighted by molar-refractivity contribution is 5.84. The van der Waals surface area contributed by atoms with Crippen molar-refractivity contribution in [2.45, 2.75) is 25.3 Å². The first-order chi connectivity index (χ1) is 9.65. The number of anilines is 1. The number of fused-ring (bicyclic) bond motifs is 1. The fourth-order valence-corrected chi connectivity index (χ4v) is 3.46. The highest BCUT2D eigenvalue weighted by atomic mass is 16.4. The highest BCUT2D eigenvalue weighted by Gasteiger charge is 2.34. The van der Waals surface area contributed by atoms with Crippen LogP contribution in [0.2, 0.25) is 0 Å². The van der Waals surface area contributed by atoms with Crippen molar-refractivity contribution in [3.63, 3.8) is 0 Å². The van der Waals surface area contributed by atoms with Gasteiger partial charge in [0.2, 0.25) is 0 Å². The molecule has 0 saturated carbocycles. The molecular formula is C14H20N4O2. The summed E-state index contributed by atoms with van der Waals surface area (Å²) >= 11 is 0. The predicted octanol–water partition coefficient (Wildman–Crippen LogP) is 1.10. The van der Waals surface area contributed by atoms with E-state index in [2.05, 4.69) is 26.8 Å². The van der Waals surface area contributed by atoms with Gasteiger partial charge >= 0.3 is 5.97 Å². The summed E-state index contributed by atoms with van der Waals surface area (Å²) in [4.78, 5) is 23.7. The maximum atomic E-state index is 10.8. The van der Waals surface area contributed by atoms with Gasteiger partial charge < -0.3 is 14.9 Å². The number of aromatic nitrogens is 2. The number of rotatable bonds is 2. The molecule has 2 aliphatic heterocycles. The second-order valence-electron chi connectivity index (χ2n) is 5.75. The molecule has 6 nitrogen and oxygen atoms in total. The van der Waals surface area contributed by atoms with E-state index in [1.165, 1.54) is 25.6 Å². The molecule has 2 fully saturated rings. The number of carboxylic acid groups (broad SMARTS) is 1. The molecule has 0 aliphatic carbocycles. The molecule has 20 heavy (non-hydrogen) atoms. The fourth-order valence-electron chi connectivity index (χ4n) is 3.46. The molecule has 3 heterocycles. The Balaban J connectivity index is 1.71. The maximum Gasteiger partial charge on any atom is 0.356 e. The van der Waals surface area contributed by atoms with Crippen molar-refractivity contribution in [2.75, 3.05) is 31.6 Å². The second kappa shape index (κ2) is 5.36. The summed E-state index contributed by atoms with van der Waals surface area (Å²) in [6.45, 7) is 3.16. The van der Waals surface area contributed by atoms with Gasteiger partial charge in [-0.2, -0.15) is 0 Å². The normalized spacial score (nSPS) is 27.1. The van der Waals surface area contributed by atoms with Crippen molar-refractivity contribution in [3.05, 3.63) is 18.1 Å². The monoisotopic (exact) mass is 276 g/mol. The Morgan fingerprint density at radius 1 is 1.30 bits per heavy atom. The van der Waals surface area contributed by atoms with Gasteiger partial charge in [0.25, 0.3) is 0 Å². The lowest BCUT2D eigenvalue weighted by atomic mass is 9.84. The van der Waals surface area contributed by atoms with Crippen LogP contribution >= 0.6 is 0 Å². The van der Waals surface area contributed by atoms with Crippen LogP contribution in [0, 0.1) is 5.92 Å². The van der Waals surface area contributed by atoms with Crippen molar-refractivity contribution in [3.8, 4) is 0 Å². The lowest BCUT2D eigenvalue weighted by Gasteiger charge is -2.46. The van der Waals surface area contributed by atoms with E-state index in [-0.39, 0.29) is 5.69 Å². The molecule has 0 bridgehead atoms. The third kappa shape index (κ3) is 2.47. The van der Waals surface area contributed by atoms with Gasteiger partial charge in [-0.25, -0.2) is 14.8 Å². The minimum absolute atomic E-state index is 0.000959. The van der Waals surface area contributed by atoms with Crippen LogP contribution in [0.25, 0.3) is 0 Å². The van der Waals surface area contributed by atoms with Crippen molar-refractivity contribution >= 4 is 11.8 Å². The number of hydrogen-bond acceptors (Lipinski definition) is 5. The molecule has 0 amide bonds. The molecule has 108 valence electrons. The number of carboxylic acids is 1. The molecule has 1 aromatic heterocycles. The summed E-state index contributed by atoms with van der Waals surface area (Å²) in [6, 6.07) is 0.686. The number of hydrogen-bond donors (Lipinski definition) is 1. The van der Waals surface area contributed by atoms with Crippen molar-refractivity contribution < 1.29 is 9.90 Å². The van der Waals surface area contributed by atoms with E-state index in [0.29, 0.717) is 12.0 Å². The topological polar surface area (TPSA) is 69.6 Å². The van der Waals surface area contributed by atoms with E-state index in [1.54, 1.807) is 6.20 Å². The zero-order chi connectivity index (χ0) is 14.1. The molecule has 0 aromatic carbocycles. The molecule has 0 spiro atoms. The third-order valence-corrected chi connectivity index (χ3v) is 4.53. The molecule has 2 unspecified atom stereocenters. The molecule has 0 radical (unpaired) electrons. The molecular weight excluding hydrogens is 256 g/mol. The van der Waals surface area contributed by atoms with E-state index in [0.717, 1.165) is 25.3 Å². The Labute approximate surface area is 118 Å². The maximum absolute atomic E-state index is 10.8. The zero-order valence-electron chi connectivity index (χ0n) is 11.7. The van der Waals surface area contributed by atoms with Crippen LogP contribution in [0.4, 0.5) is 5.82 Å². The summed E-state index contributed by atoms with van der Waals surface area (Å²) in [5.41, 5.74) is 0.000959. The second-order valence-corrected chi connectivity index (χ2v) is 5.75. The minimum atomic E-state index is -1.03. The quantitative estimate of drug-likeness (QED) is 0.872. The van der Waals surface area contributed by atoms with E-state index in [1.807, 2.05) is 0 Å². The minimum Gasteiger partial charge on any atom is -0.476 e. The zero-order valence-corrected chi connectivity index (χ0v) is 11.7. The Hall–Kier alpha value is -1.69. The van der Waals surface area contributed by atoms with Gasteiger partial charge in [0.1, 0.15) is 5.82 Å². The van der Waals surface area contributed by atoms with Gasteiger partial charge in [-0.15, -0.1) is 0 Å². The third-order valence-electron chi connectivity index (χ3n) is 4.53. The molecule has 1 aromatic rings. The standard InChI is InChI=1S/C14H20N4O2/c1-17-5-2-3-10-9-18(6-4-12(10)17)13-8-15-11(7-16-13)14(19)20/h7-8,10,12H,2-6,9H2,1H3,(H,19,20). The summed E-state index contributed by atoms with van der Waals surface area (Å²) in [5.74, 6) is 0.446. The first-order valence-corrected chi connectivity index (χ1v) is 7.15. The summed E-state index contributed by atoms with van der Waals surface area (Å²) < 4.78 is 0. The SMILES string of the molecule is CN1CCCC2CN(c3cnc(C(=O)O)cn3)CCC21. The molecule has 2 aliphatic rings. The van der Waals surface area contributed by atoms with Gasteiger partial charge in [-0.1, -0.05) is 0 Å². The average molecular weight is 276 g/mol. The number of piperidine rings is 2. The number of likely N-dealkylation sites (tertiary alicyclic amines) is 1. The lowest BCUT2D eigenvalue weighted by molar-refractivity contribution is 0.0690. The Morgan fingerprint density at radius 2 is 2.15 bits per heavy atom. The van der Waals surface area contributed by atoms with Crippen molar-refractivity contribution in [1.82, 2.24) is 14.9 Å². The van der Waals surface area contributed by atoms with Crippen LogP contribution in [-0.2, 0) is 0 Å². The van der Waals surface area contributed by atoms with Gasteiger partial charge in [-0.3, -0.25) is 0 Å². The fraction of sp³-hybridized carbons (Fsp3) is 0.643. The Morgan fingerprint density at radius 3 is 2.85 bits per heavy atom. The summed E-state index contributed by atoms with van der Waals surface area (Å²) in [6.07, 6.45) is 6.60. The van der Waals surface area contributed by atoms with Gasteiger partial charge in [0.05, 0.1) is 12.4 Å². The molecule has 2 atom stereocenters. The van der Waals surface area contributed by atoms with E-state index in [4.69, 9.17) is 5.11 Å². The van der Waals surface area contributed by atoms with Crippen LogP contribution in [0.3, 0.4) is 0 Å². The number of nitrogens with zero attached hydrogens (tertiary/aromatic N) is 4. The predicted molar refractivity (Wildman–Crippen MR) is 75.0 cm³/mol. The van der Waals surface area contributed by atoms with Crippen LogP contribution in [0.1, 0.15) is 29.8 Å². The molecule has 3 rings (SSSR count). The van der Waals surface area contributed by atoms with Crippen LogP contribution < -0.4 is 4.90 Å². The summed E-state index contributed by atoms with van der Waals surface area (Å²) in [7, 11) is 2.22. The van der Waals surface area contributed by atoms with Gasteiger partial charge in [-0.05, 0) is 38.8 Å². The largest absolute Gasteiger partial charge is 0.476 e. The first-order valence-electron chi connectivity index (χ1n) is 7.15. The molecule has 1 N–H and O–H groups in total. The van der Waals surface area contributed by atoms with E-state index < -0.39 is 5.97 Å². The van der Waals surface area contributed by atoms with Crippen molar-refractivity contribution in [2.24, 2.45) is 5.92 Å². The van der Waals surface area contributed by atoms with Crippen LogP contribution in [0.5, 0.6) is 0 Å². The van der Waals surface area contributed by atoms with Crippen LogP contribution in [0.15, 0.2) is 12.4 Å². The molecule has 6 heteroatoms. The van der Waals surface area contributed by atoms with Crippen LogP contribution in [-0.4, -0.2) is 58.7 Å². The van der Waals surface area contributed by atoms with Gasteiger partial charge in [0.15, 0.2) is 5.69 Å². The molecule has 2 saturated heterocycles. The number of carbonyl (C=O) groups is 1. The van der Waals surface area contributed by atoms with E-state index in [9.17, 15) is 4.79 Å². The van der Waals surface area contributed by atoms with Gasteiger partial charge in [0, 0.05) is 19.1 Å². The lowest BCUT2D eigenvalue weighted by Crippen LogP contribution is -2.52. The Kier molecular flexibility index (Phi) is 3.56. The Bertz CT molecular complexity index is 490. The van der Waals surface area contributed by atoms with Crippen molar-refractivity contribution in [1.29, 1.82) is 0 Å². The summed E-state index contributed by atoms with van der Waals surface area (Å²) in [5, 5.41) is 8.85. The highest BCUT2D eigenvalue weighted by Crippen LogP contribution is 2.31. The smallest absolute Gasteiger partial charge is 0.356 e. The first kappa shape index (κ1) is 13.3.